The van der Waals surface area contributed by atoms with E-state index >= 15 is 0 Å². The molecule has 5 aromatic rings. The van der Waals surface area contributed by atoms with E-state index in [-0.39, 0.29) is 48.0 Å². The maximum Gasteiger partial charge on any atom is 0.433 e. The summed E-state index contributed by atoms with van der Waals surface area (Å²) in [7, 11) is -2.18. The van der Waals surface area contributed by atoms with Gasteiger partial charge in [0, 0.05) is 38.8 Å². The number of fused-ring (bicyclic) bond motifs is 2. The molecule has 41 heavy (non-hydrogen) atoms. The molecule has 4 heterocycles. The van der Waals surface area contributed by atoms with E-state index in [1.807, 2.05) is 18.2 Å². The second-order valence-corrected chi connectivity index (χ2v) is 11.7. The molecular formula is C27H24F3N7O3S. The van der Waals surface area contributed by atoms with Gasteiger partial charge in [0.05, 0.1) is 23.8 Å². The zero-order chi connectivity index (χ0) is 29.1. The molecule has 212 valence electrons. The third kappa shape index (κ3) is 4.52. The van der Waals surface area contributed by atoms with Gasteiger partial charge in [-0.1, -0.05) is 42.5 Å². The van der Waals surface area contributed by atoms with Gasteiger partial charge in [-0.05, 0) is 23.8 Å². The summed E-state index contributed by atoms with van der Waals surface area (Å²) >= 11 is 0. The van der Waals surface area contributed by atoms with E-state index in [1.165, 1.54) is 20.1 Å². The Labute approximate surface area is 232 Å². The first-order chi connectivity index (χ1) is 19.5. The van der Waals surface area contributed by atoms with Crippen LogP contribution in [0.5, 0.6) is 0 Å². The standard InChI is InChI=1S/C27H24F3N7O3S/c1-17-23(16-31-34(17)2)41(39,40)36-12-10-35(11-13-36)26(38)21-15-32-37-24(27(28,29)30)14-22(33-25(21)37)20-9-5-7-18-6-3-4-8-19(18)20/h3-9,14-16H,10-13H2,1-2H3. The minimum absolute atomic E-state index is 0.0180. The average molecular weight is 584 g/mol. The smallest absolute Gasteiger partial charge is 0.336 e. The molecule has 0 bridgehead atoms. The van der Waals surface area contributed by atoms with Gasteiger partial charge in [-0.3, -0.25) is 9.48 Å². The molecule has 3 aromatic heterocycles. The van der Waals surface area contributed by atoms with Crippen LogP contribution in [0.15, 0.2) is 65.8 Å². The van der Waals surface area contributed by atoms with Gasteiger partial charge in [-0.2, -0.15) is 27.7 Å². The number of aromatic nitrogens is 5. The van der Waals surface area contributed by atoms with E-state index in [0.717, 1.165) is 17.6 Å². The lowest BCUT2D eigenvalue weighted by Crippen LogP contribution is -2.50. The van der Waals surface area contributed by atoms with Crippen LogP contribution in [0.2, 0.25) is 0 Å². The summed E-state index contributed by atoms with van der Waals surface area (Å²) in [6.45, 7) is 1.78. The monoisotopic (exact) mass is 583 g/mol. The van der Waals surface area contributed by atoms with Gasteiger partial charge in [0.2, 0.25) is 10.0 Å². The Balaban J connectivity index is 1.35. The lowest BCUT2D eigenvalue weighted by atomic mass is 10.0. The molecule has 0 atom stereocenters. The molecule has 1 saturated heterocycles. The van der Waals surface area contributed by atoms with E-state index in [0.29, 0.717) is 21.2 Å². The molecule has 1 aliphatic rings. The molecule has 1 aliphatic heterocycles. The highest BCUT2D eigenvalue weighted by Crippen LogP contribution is 2.35. The maximum atomic E-state index is 14.2. The normalized spacial score (nSPS) is 15.2. The number of hydrogen-bond donors (Lipinski definition) is 0. The summed E-state index contributed by atoms with van der Waals surface area (Å²) in [6, 6.07) is 13.5. The summed E-state index contributed by atoms with van der Waals surface area (Å²) in [4.78, 5) is 19.5. The molecule has 0 unspecified atom stereocenters. The predicted molar refractivity (Wildman–Crippen MR) is 144 cm³/mol. The van der Waals surface area contributed by atoms with Crippen molar-refractivity contribution in [3.63, 3.8) is 0 Å². The molecule has 6 rings (SSSR count). The first kappa shape index (κ1) is 26.9. The summed E-state index contributed by atoms with van der Waals surface area (Å²) in [5.41, 5.74) is -0.361. The fourth-order valence-electron chi connectivity index (χ4n) is 5.08. The quantitative estimate of drug-likeness (QED) is 0.319. The van der Waals surface area contributed by atoms with Crippen molar-refractivity contribution in [1.29, 1.82) is 0 Å². The minimum atomic E-state index is -4.77. The average Bonchev–Trinajstić information content (AvgIpc) is 3.54. The van der Waals surface area contributed by atoms with E-state index in [1.54, 1.807) is 38.2 Å². The van der Waals surface area contributed by atoms with Crippen LogP contribution in [0.25, 0.3) is 27.7 Å². The van der Waals surface area contributed by atoms with E-state index in [9.17, 15) is 26.4 Å². The minimum Gasteiger partial charge on any atom is -0.336 e. The van der Waals surface area contributed by atoms with Crippen molar-refractivity contribution in [3.05, 3.63) is 77.9 Å². The number of benzene rings is 2. The highest BCUT2D eigenvalue weighted by atomic mass is 32.2. The second-order valence-electron chi connectivity index (χ2n) is 9.76. The van der Waals surface area contributed by atoms with Crippen molar-refractivity contribution < 1.29 is 26.4 Å². The molecule has 0 aliphatic carbocycles. The molecule has 2 aromatic carbocycles. The number of carbonyl (C=O) groups is 1. The Kier molecular flexibility index (Phi) is 6.34. The Bertz CT molecular complexity index is 1920. The van der Waals surface area contributed by atoms with Gasteiger partial charge in [0.25, 0.3) is 5.91 Å². The largest absolute Gasteiger partial charge is 0.433 e. The summed E-state index contributed by atoms with van der Waals surface area (Å²) < 4.78 is 72.1. The fourth-order valence-corrected chi connectivity index (χ4v) is 6.68. The van der Waals surface area contributed by atoms with Crippen LogP contribution >= 0.6 is 0 Å². The predicted octanol–water partition coefficient (Wildman–Crippen LogP) is 3.76. The number of hydrogen-bond acceptors (Lipinski definition) is 6. The van der Waals surface area contributed by atoms with Crippen LogP contribution in [0.1, 0.15) is 21.7 Å². The van der Waals surface area contributed by atoms with Crippen LogP contribution < -0.4 is 0 Å². The van der Waals surface area contributed by atoms with E-state index < -0.39 is 27.8 Å². The number of amides is 1. The van der Waals surface area contributed by atoms with Gasteiger partial charge in [-0.15, -0.1) is 0 Å². The maximum absolute atomic E-state index is 14.2. The fraction of sp³-hybridized carbons (Fsp3) is 0.259. The molecular weight excluding hydrogens is 559 g/mol. The highest BCUT2D eigenvalue weighted by Gasteiger charge is 2.37. The zero-order valence-corrected chi connectivity index (χ0v) is 22.8. The molecule has 0 N–H and O–H groups in total. The molecule has 1 amide bonds. The number of halogens is 3. The van der Waals surface area contributed by atoms with Crippen molar-refractivity contribution >= 4 is 32.4 Å². The molecule has 0 radical (unpaired) electrons. The van der Waals surface area contributed by atoms with Crippen LogP contribution in [0.3, 0.4) is 0 Å². The van der Waals surface area contributed by atoms with Gasteiger partial charge in [-0.25, -0.2) is 17.9 Å². The third-order valence-corrected chi connectivity index (χ3v) is 9.39. The van der Waals surface area contributed by atoms with Crippen molar-refractivity contribution in [2.45, 2.75) is 18.0 Å². The van der Waals surface area contributed by atoms with Crippen LogP contribution in [-0.4, -0.2) is 74.1 Å². The summed E-state index contributed by atoms with van der Waals surface area (Å²) in [5.74, 6) is -0.578. The lowest BCUT2D eigenvalue weighted by Gasteiger charge is -2.33. The molecule has 10 nitrogen and oxygen atoms in total. The van der Waals surface area contributed by atoms with Crippen LogP contribution in [0, 0.1) is 6.92 Å². The van der Waals surface area contributed by atoms with E-state index in [4.69, 9.17) is 0 Å². The van der Waals surface area contributed by atoms with Crippen molar-refractivity contribution in [2.75, 3.05) is 26.2 Å². The van der Waals surface area contributed by atoms with Gasteiger partial charge in [0.1, 0.15) is 10.5 Å². The zero-order valence-electron chi connectivity index (χ0n) is 22.0. The van der Waals surface area contributed by atoms with Crippen LogP contribution in [0.4, 0.5) is 13.2 Å². The summed E-state index contributed by atoms with van der Waals surface area (Å²) in [6.07, 6.45) is -2.40. The topological polar surface area (TPSA) is 106 Å². The Hall–Kier alpha value is -4.30. The Morgan fingerprint density at radius 2 is 1.66 bits per heavy atom. The van der Waals surface area contributed by atoms with Gasteiger partial charge >= 0.3 is 6.18 Å². The number of aryl methyl sites for hydroxylation is 1. The number of rotatable bonds is 4. The number of sulfonamides is 1. The van der Waals surface area contributed by atoms with Crippen LogP contribution in [-0.2, 0) is 23.2 Å². The number of carbonyl (C=O) groups excluding carboxylic acids is 1. The van der Waals surface area contributed by atoms with Gasteiger partial charge < -0.3 is 4.90 Å². The first-order valence-electron chi connectivity index (χ1n) is 12.7. The molecule has 0 saturated carbocycles. The first-order valence-corrected chi connectivity index (χ1v) is 14.1. The lowest BCUT2D eigenvalue weighted by molar-refractivity contribution is -0.142. The second kappa shape index (κ2) is 9.66. The molecule has 0 spiro atoms. The Morgan fingerprint density at radius 3 is 2.34 bits per heavy atom. The third-order valence-electron chi connectivity index (χ3n) is 7.39. The summed E-state index contributed by atoms with van der Waals surface area (Å²) in [5, 5.41) is 9.43. The van der Waals surface area contributed by atoms with Crippen molar-refractivity contribution in [1.82, 2.24) is 33.6 Å². The number of alkyl halides is 3. The van der Waals surface area contributed by atoms with Crippen molar-refractivity contribution in [3.8, 4) is 11.3 Å². The molecule has 1 fully saturated rings. The molecule has 14 heteroatoms. The Morgan fingerprint density at radius 1 is 0.951 bits per heavy atom. The van der Waals surface area contributed by atoms with Crippen molar-refractivity contribution in [2.24, 2.45) is 7.05 Å². The SMILES string of the molecule is Cc1c(S(=O)(=O)N2CCN(C(=O)c3cnn4c(C(F)(F)F)cc(-c5cccc6ccccc56)nc34)CC2)cnn1C. The highest BCUT2D eigenvalue weighted by molar-refractivity contribution is 7.89. The number of piperazine rings is 1. The van der Waals surface area contributed by atoms with E-state index in [2.05, 4.69) is 15.2 Å². The number of nitrogens with zero attached hydrogens (tertiary/aromatic N) is 7. The van der Waals surface area contributed by atoms with Gasteiger partial charge in [0.15, 0.2) is 11.3 Å².